The van der Waals surface area contributed by atoms with Crippen LogP contribution in [-0.4, -0.2) is 28.8 Å². The predicted molar refractivity (Wildman–Crippen MR) is 91.0 cm³/mol. The Morgan fingerprint density at radius 1 is 1.00 bits per heavy atom. The van der Waals surface area contributed by atoms with Gasteiger partial charge < -0.3 is 8.85 Å². The van der Waals surface area contributed by atoms with Gasteiger partial charge in [0.05, 0.1) is 23.7 Å². The molecule has 0 radical (unpaired) electrons. The molecule has 2 aliphatic carbocycles. The van der Waals surface area contributed by atoms with Crippen molar-refractivity contribution >= 4 is 16.6 Å². The van der Waals surface area contributed by atoms with Crippen LogP contribution in [0.4, 0.5) is 0 Å². The van der Waals surface area contributed by atoms with E-state index in [0.717, 1.165) is 12.8 Å². The van der Waals surface area contributed by atoms with Gasteiger partial charge in [-0.25, -0.2) is 0 Å². The number of nitrogens with zero attached hydrogens (tertiary/aromatic N) is 1. The maximum absolute atomic E-state index is 10.0. The van der Waals surface area contributed by atoms with Crippen molar-refractivity contribution in [1.29, 1.82) is 5.26 Å². The number of fused-ring (bicyclic) bond motifs is 2. The predicted octanol–water partition coefficient (Wildman–Crippen LogP) is 4.39. The largest absolute Gasteiger partial charge is 0.412 e. The molecule has 0 aromatic carbocycles. The smallest absolute Gasteiger partial charge is 0.184 e. The summed E-state index contributed by atoms with van der Waals surface area (Å²) in [7, 11) is -3.38. The Morgan fingerprint density at radius 3 is 1.95 bits per heavy atom. The summed E-state index contributed by atoms with van der Waals surface area (Å²) in [6.45, 7) is 17.8. The summed E-state index contributed by atoms with van der Waals surface area (Å²) in [5.41, 5.74) is -0.390. The third-order valence-electron chi connectivity index (χ3n) is 5.28. The molecule has 0 heterocycles. The van der Waals surface area contributed by atoms with Crippen LogP contribution in [-0.2, 0) is 8.85 Å². The Balaban J connectivity index is 2.43. The van der Waals surface area contributed by atoms with E-state index in [9.17, 15) is 5.26 Å². The maximum Gasteiger partial charge on any atom is 0.184 e. The molecule has 5 heteroatoms. The average molecular weight is 326 g/mol. The van der Waals surface area contributed by atoms with E-state index in [1.165, 1.54) is 0 Å². The second kappa shape index (κ2) is 4.92. The van der Waals surface area contributed by atoms with E-state index in [-0.39, 0.29) is 23.0 Å². The Bertz CT molecular complexity index is 458. The lowest BCUT2D eigenvalue weighted by atomic mass is 9.69. The van der Waals surface area contributed by atoms with Gasteiger partial charge in [-0.3, -0.25) is 0 Å². The van der Waals surface area contributed by atoms with Crippen LogP contribution in [0.1, 0.15) is 26.7 Å². The van der Waals surface area contributed by atoms with Gasteiger partial charge in [-0.05, 0) is 63.5 Å². The van der Waals surface area contributed by atoms with Crippen molar-refractivity contribution in [3.63, 3.8) is 0 Å². The third-order valence-corrected chi connectivity index (χ3v) is 7.22. The highest BCUT2D eigenvalue weighted by molar-refractivity contribution is 6.70. The van der Waals surface area contributed by atoms with Crippen LogP contribution in [0.2, 0.25) is 39.3 Å². The molecule has 0 aliphatic heterocycles. The van der Waals surface area contributed by atoms with E-state index < -0.39 is 16.6 Å². The van der Waals surface area contributed by atoms with E-state index in [0.29, 0.717) is 5.92 Å². The molecule has 0 amide bonds. The first-order valence-corrected chi connectivity index (χ1v) is 14.9. The standard InChI is InChI=1S/C16H31NO2Si2/c1-15(2)12-9-10-16(15,11-17)14(19-21(6,7)8)13(12)18-20(3,4)5/h12-14H,9-10H2,1-8H3/t12-,13?,14?,16-/m1/s1. The molecule has 120 valence electrons. The minimum absolute atomic E-state index is 0.0175. The fraction of sp³-hybridized carbons (Fsp3) is 0.938. The molecule has 2 bridgehead atoms. The zero-order valence-corrected chi connectivity index (χ0v) is 16.9. The molecule has 0 saturated heterocycles. The first kappa shape index (κ1) is 17.2. The maximum atomic E-state index is 10.0. The highest BCUT2D eigenvalue weighted by Crippen LogP contribution is 2.67. The van der Waals surface area contributed by atoms with Crippen LogP contribution >= 0.6 is 0 Å². The summed E-state index contributed by atoms with van der Waals surface area (Å²) in [6, 6.07) is 2.68. The second-order valence-electron chi connectivity index (χ2n) is 9.30. The number of hydrogen-bond acceptors (Lipinski definition) is 3. The van der Waals surface area contributed by atoms with Crippen molar-refractivity contribution in [3.8, 4) is 6.07 Å². The van der Waals surface area contributed by atoms with Gasteiger partial charge in [-0.15, -0.1) is 0 Å². The highest BCUT2D eigenvalue weighted by Gasteiger charge is 2.71. The molecule has 0 N–H and O–H groups in total. The van der Waals surface area contributed by atoms with Gasteiger partial charge in [0.25, 0.3) is 0 Å². The summed E-state index contributed by atoms with van der Waals surface area (Å²) in [5, 5.41) is 10.0. The Kier molecular flexibility index (Phi) is 4.03. The topological polar surface area (TPSA) is 42.2 Å². The lowest BCUT2D eigenvalue weighted by Gasteiger charge is -2.41. The van der Waals surface area contributed by atoms with Crippen molar-refractivity contribution in [2.24, 2.45) is 16.7 Å². The lowest BCUT2D eigenvalue weighted by molar-refractivity contribution is -0.0150. The van der Waals surface area contributed by atoms with Gasteiger partial charge in [-0.2, -0.15) is 5.26 Å². The molecule has 4 atom stereocenters. The Labute approximate surface area is 132 Å². The van der Waals surface area contributed by atoms with Gasteiger partial charge in [0.2, 0.25) is 0 Å². The van der Waals surface area contributed by atoms with Crippen LogP contribution in [0.3, 0.4) is 0 Å². The zero-order valence-electron chi connectivity index (χ0n) is 14.9. The van der Waals surface area contributed by atoms with Crippen LogP contribution in [0.5, 0.6) is 0 Å². The molecule has 2 aliphatic rings. The van der Waals surface area contributed by atoms with Gasteiger partial charge in [0.1, 0.15) is 0 Å². The van der Waals surface area contributed by atoms with Gasteiger partial charge in [-0.1, -0.05) is 13.8 Å². The number of rotatable bonds is 4. The number of nitriles is 1. The van der Waals surface area contributed by atoms with Crippen molar-refractivity contribution in [2.45, 2.75) is 78.2 Å². The fourth-order valence-corrected chi connectivity index (χ4v) is 6.54. The van der Waals surface area contributed by atoms with Crippen LogP contribution in [0.15, 0.2) is 0 Å². The van der Waals surface area contributed by atoms with Crippen LogP contribution < -0.4 is 0 Å². The minimum atomic E-state index is -1.72. The van der Waals surface area contributed by atoms with Crippen LogP contribution in [0, 0.1) is 28.1 Å². The monoisotopic (exact) mass is 325 g/mol. The Morgan fingerprint density at radius 2 is 1.52 bits per heavy atom. The average Bonchev–Trinajstić information content (AvgIpc) is 2.60. The molecule has 2 fully saturated rings. The Hall–Kier alpha value is -0.156. The molecule has 2 saturated carbocycles. The SMILES string of the molecule is CC1(C)[C@@H]2CC[C@@]1(C#N)C(O[Si](C)(C)C)C2O[Si](C)(C)C. The summed E-state index contributed by atoms with van der Waals surface area (Å²) < 4.78 is 13.1. The summed E-state index contributed by atoms with van der Waals surface area (Å²) >= 11 is 0. The molecule has 21 heavy (non-hydrogen) atoms. The van der Waals surface area contributed by atoms with Gasteiger partial charge >= 0.3 is 0 Å². The second-order valence-corrected chi connectivity index (χ2v) is 18.2. The van der Waals surface area contributed by atoms with E-state index in [4.69, 9.17) is 8.85 Å². The molecule has 3 nitrogen and oxygen atoms in total. The summed E-state index contributed by atoms with van der Waals surface area (Å²) in [6.07, 6.45) is 2.12. The van der Waals surface area contributed by atoms with E-state index in [2.05, 4.69) is 59.2 Å². The molecular weight excluding hydrogens is 294 g/mol. The van der Waals surface area contributed by atoms with Crippen molar-refractivity contribution in [3.05, 3.63) is 0 Å². The van der Waals surface area contributed by atoms with E-state index >= 15 is 0 Å². The lowest BCUT2D eigenvalue weighted by Crippen LogP contribution is -2.51. The molecule has 0 spiro atoms. The number of hydrogen-bond donors (Lipinski definition) is 0. The minimum Gasteiger partial charge on any atom is -0.412 e. The highest BCUT2D eigenvalue weighted by atomic mass is 28.4. The first-order chi connectivity index (χ1) is 9.34. The summed E-state index contributed by atoms with van der Waals surface area (Å²) in [4.78, 5) is 0. The van der Waals surface area contributed by atoms with Gasteiger partial charge in [0.15, 0.2) is 16.6 Å². The zero-order chi connectivity index (χ0) is 16.3. The summed E-state index contributed by atoms with van der Waals surface area (Å²) in [5.74, 6) is 0.449. The normalized spacial score (nSPS) is 38.5. The molecule has 0 aromatic rings. The molecule has 2 rings (SSSR count). The van der Waals surface area contributed by atoms with Crippen molar-refractivity contribution in [1.82, 2.24) is 0 Å². The molecule has 0 aromatic heterocycles. The van der Waals surface area contributed by atoms with Crippen molar-refractivity contribution in [2.75, 3.05) is 0 Å². The first-order valence-electron chi connectivity index (χ1n) is 8.11. The van der Waals surface area contributed by atoms with E-state index in [1.807, 2.05) is 0 Å². The van der Waals surface area contributed by atoms with Gasteiger partial charge in [0, 0.05) is 0 Å². The molecular formula is C16H31NO2Si2. The van der Waals surface area contributed by atoms with Crippen LogP contribution in [0.25, 0.3) is 0 Å². The fourth-order valence-electron chi connectivity index (χ4n) is 4.34. The van der Waals surface area contributed by atoms with E-state index in [1.54, 1.807) is 0 Å². The van der Waals surface area contributed by atoms with Crippen molar-refractivity contribution < 1.29 is 8.85 Å². The quantitative estimate of drug-likeness (QED) is 0.720. The third kappa shape index (κ3) is 2.76. The molecule has 2 unspecified atom stereocenters.